The third-order valence-corrected chi connectivity index (χ3v) is 7.50. The quantitative estimate of drug-likeness (QED) is 0.169. The molecule has 4 rings (SSSR count). The number of ether oxygens (including phenoxy) is 4. The van der Waals surface area contributed by atoms with Crippen LogP contribution in [0.15, 0.2) is 42.5 Å². The van der Waals surface area contributed by atoms with Crippen LogP contribution in [-0.4, -0.2) is 60.2 Å². The molecule has 0 spiro atoms. The lowest BCUT2D eigenvalue weighted by molar-refractivity contribution is -0.124. The molecule has 42 heavy (non-hydrogen) atoms. The summed E-state index contributed by atoms with van der Waals surface area (Å²) in [5, 5.41) is 2.75. The molecule has 0 aliphatic heterocycles. The first kappa shape index (κ1) is 30.3. The Morgan fingerprint density at radius 3 is 2.29 bits per heavy atom. The van der Waals surface area contributed by atoms with Crippen LogP contribution < -0.4 is 10.1 Å². The van der Waals surface area contributed by atoms with Crippen LogP contribution in [-0.2, 0) is 19.0 Å². The van der Waals surface area contributed by atoms with Crippen molar-refractivity contribution in [2.24, 2.45) is 0 Å². The number of thiophene rings is 1. The van der Waals surface area contributed by atoms with Crippen molar-refractivity contribution in [1.82, 2.24) is 9.97 Å². The third-order valence-electron chi connectivity index (χ3n) is 6.32. The number of carbonyl (C=O) groups excluding carboxylic acids is 4. The van der Waals surface area contributed by atoms with Crippen LogP contribution in [0.2, 0.25) is 0 Å². The van der Waals surface area contributed by atoms with Crippen LogP contribution in [0.1, 0.15) is 63.1 Å². The third kappa shape index (κ3) is 6.44. The molecule has 1 atom stereocenters. The van der Waals surface area contributed by atoms with Gasteiger partial charge in [-0.25, -0.2) is 19.4 Å². The number of methoxy groups -OCH3 is 1. The molecule has 220 valence electrons. The number of benzene rings is 2. The summed E-state index contributed by atoms with van der Waals surface area (Å²) in [6, 6.07) is 12.3. The maximum Gasteiger partial charge on any atom is 0.348 e. The van der Waals surface area contributed by atoms with E-state index in [4.69, 9.17) is 18.9 Å². The molecular formula is C30H31N3O8S. The number of H-pyrrole nitrogens is 1. The fourth-order valence-corrected chi connectivity index (χ4v) is 5.27. The minimum Gasteiger partial charge on any atom is -0.497 e. The second-order valence-electron chi connectivity index (χ2n) is 9.04. The molecule has 2 aromatic heterocycles. The summed E-state index contributed by atoms with van der Waals surface area (Å²) >= 11 is 0.898. The number of hydrogen-bond acceptors (Lipinski definition) is 10. The highest BCUT2D eigenvalue weighted by Crippen LogP contribution is 2.35. The number of nitrogens with zero attached hydrogens (tertiary/aromatic N) is 1. The van der Waals surface area contributed by atoms with Crippen molar-refractivity contribution in [3.05, 3.63) is 64.0 Å². The van der Waals surface area contributed by atoms with E-state index in [0.717, 1.165) is 22.6 Å². The van der Waals surface area contributed by atoms with Crippen molar-refractivity contribution in [2.75, 3.05) is 25.6 Å². The van der Waals surface area contributed by atoms with Gasteiger partial charge in [-0.05, 0) is 75.2 Å². The molecule has 0 aliphatic rings. The molecule has 1 amide bonds. The largest absolute Gasteiger partial charge is 0.497 e. The van der Waals surface area contributed by atoms with Crippen LogP contribution >= 0.6 is 11.3 Å². The topological polar surface area (TPSA) is 146 Å². The van der Waals surface area contributed by atoms with E-state index in [9.17, 15) is 19.2 Å². The molecule has 0 aliphatic carbocycles. The van der Waals surface area contributed by atoms with Crippen molar-refractivity contribution in [3.63, 3.8) is 0 Å². The molecule has 0 saturated heterocycles. The fraction of sp³-hybridized carbons (Fsp3) is 0.300. The van der Waals surface area contributed by atoms with Crippen LogP contribution in [0.5, 0.6) is 5.75 Å². The van der Waals surface area contributed by atoms with Gasteiger partial charge in [-0.1, -0.05) is 6.92 Å². The predicted octanol–water partition coefficient (Wildman–Crippen LogP) is 5.54. The zero-order chi connectivity index (χ0) is 30.4. The Bertz CT molecular complexity index is 1620. The molecule has 2 aromatic carbocycles. The van der Waals surface area contributed by atoms with Gasteiger partial charge in [0.05, 0.1) is 42.5 Å². The Kier molecular flexibility index (Phi) is 9.58. The SMILES string of the molecule is CCOC(=O)c1sc(NC(=O)C(CC)OC(=O)c2ccc3nc(-c4ccc(OC)cc4)[nH]c3c2)c(C(=O)OCC)c1C. The van der Waals surface area contributed by atoms with E-state index in [1.165, 1.54) is 0 Å². The standard InChI is InChI=1S/C30H31N3O8S/c1-6-22(26(34)33-27-23(29(36)39-7-2)16(4)24(42-27)30(37)40-8-3)41-28(35)18-11-14-20-21(15-18)32-25(31-20)17-9-12-19(38-5)13-10-17/h9-15,22H,6-8H2,1-5H3,(H,31,32)(H,33,34). The maximum atomic E-state index is 13.2. The summed E-state index contributed by atoms with van der Waals surface area (Å²) in [4.78, 5) is 59.3. The fourth-order valence-electron chi connectivity index (χ4n) is 4.18. The Hall–Kier alpha value is -4.71. The number of esters is 3. The van der Waals surface area contributed by atoms with Gasteiger partial charge in [-0.2, -0.15) is 0 Å². The molecule has 2 N–H and O–H groups in total. The number of hydrogen-bond donors (Lipinski definition) is 2. The number of aromatic nitrogens is 2. The Balaban J connectivity index is 1.52. The Labute approximate surface area is 246 Å². The van der Waals surface area contributed by atoms with Crippen molar-refractivity contribution < 1.29 is 38.1 Å². The highest BCUT2D eigenvalue weighted by Gasteiger charge is 2.30. The van der Waals surface area contributed by atoms with Crippen molar-refractivity contribution in [2.45, 2.75) is 40.2 Å². The first-order chi connectivity index (χ1) is 20.2. The van der Waals surface area contributed by atoms with E-state index in [-0.39, 0.29) is 40.6 Å². The van der Waals surface area contributed by atoms with Gasteiger partial charge in [0.2, 0.25) is 0 Å². The van der Waals surface area contributed by atoms with Crippen molar-refractivity contribution in [1.29, 1.82) is 0 Å². The first-order valence-corrected chi connectivity index (χ1v) is 14.2. The summed E-state index contributed by atoms with van der Waals surface area (Å²) in [6.45, 7) is 6.83. The number of carbonyl (C=O) groups is 4. The molecule has 4 aromatic rings. The number of imidazole rings is 1. The van der Waals surface area contributed by atoms with E-state index >= 15 is 0 Å². The number of aromatic amines is 1. The maximum absolute atomic E-state index is 13.2. The summed E-state index contributed by atoms with van der Waals surface area (Å²) in [7, 11) is 1.59. The summed E-state index contributed by atoms with van der Waals surface area (Å²) in [5.41, 5.74) is 2.72. The monoisotopic (exact) mass is 593 g/mol. The molecule has 0 bridgehead atoms. The minimum absolute atomic E-state index is 0.0526. The lowest BCUT2D eigenvalue weighted by Gasteiger charge is -2.16. The van der Waals surface area contributed by atoms with E-state index in [1.807, 2.05) is 24.3 Å². The van der Waals surface area contributed by atoms with Crippen LogP contribution in [0.25, 0.3) is 22.4 Å². The minimum atomic E-state index is -1.17. The van der Waals surface area contributed by atoms with Gasteiger partial charge in [0.1, 0.15) is 21.5 Å². The van der Waals surface area contributed by atoms with E-state index in [2.05, 4.69) is 15.3 Å². The summed E-state index contributed by atoms with van der Waals surface area (Å²) < 4.78 is 21.0. The Morgan fingerprint density at radius 2 is 1.64 bits per heavy atom. The van der Waals surface area contributed by atoms with Crippen molar-refractivity contribution in [3.8, 4) is 17.1 Å². The lowest BCUT2D eigenvalue weighted by atomic mass is 10.1. The van der Waals surface area contributed by atoms with Crippen LogP contribution in [0.3, 0.4) is 0 Å². The average Bonchev–Trinajstić information content (AvgIpc) is 3.56. The second kappa shape index (κ2) is 13.3. The molecular weight excluding hydrogens is 562 g/mol. The first-order valence-electron chi connectivity index (χ1n) is 13.3. The molecule has 2 heterocycles. The molecule has 1 unspecified atom stereocenters. The van der Waals surface area contributed by atoms with Gasteiger partial charge in [0.25, 0.3) is 5.91 Å². The predicted molar refractivity (Wildman–Crippen MR) is 157 cm³/mol. The van der Waals surface area contributed by atoms with E-state index in [0.29, 0.717) is 22.4 Å². The number of rotatable bonds is 11. The molecule has 0 saturated carbocycles. The normalized spacial score (nSPS) is 11.5. The van der Waals surface area contributed by atoms with E-state index < -0.39 is 29.9 Å². The van der Waals surface area contributed by atoms with Gasteiger partial charge >= 0.3 is 17.9 Å². The second-order valence-corrected chi connectivity index (χ2v) is 10.1. The van der Waals surface area contributed by atoms with Crippen LogP contribution in [0.4, 0.5) is 5.00 Å². The highest BCUT2D eigenvalue weighted by atomic mass is 32.1. The van der Waals surface area contributed by atoms with Gasteiger partial charge in [0.15, 0.2) is 6.10 Å². The van der Waals surface area contributed by atoms with Gasteiger partial charge in [-0.3, -0.25) is 4.79 Å². The van der Waals surface area contributed by atoms with Gasteiger partial charge in [-0.15, -0.1) is 11.3 Å². The van der Waals surface area contributed by atoms with Gasteiger partial charge < -0.3 is 29.2 Å². The molecule has 11 nitrogen and oxygen atoms in total. The zero-order valence-corrected chi connectivity index (χ0v) is 24.7. The Morgan fingerprint density at radius 1 is 0.952 bits per heavy atom. The number of fused-ring (bicyclic) bond motifs is 1. The number of anilines is 1. The average molecular weight is 594 g/mol. The van der Waals surface area contributed by atoms with Gasteiger partial charge in [0, 0.05) is 5.56 Å². The zero-order valence-electron chi connectivity index (χ0n) is 23.9. The smallest absolute Gasteiger partial charge is 0.348 e. The highest BCUT2D eigenvalue weighted by molar-refractivity contribution is 7.18. The molecule has 12 heteroatoms. The van der Waals surface area contributed by atoms with Crippen molar-refractivity contribution >= 4 is 51.2 Å². The van der Waals surface area contributed by atoms with E-state index in [1.54, 1.807) is 53.0 Å². The summed E-state index contributed by atoms with van der Waals surface area (Å²) in [6.07, 6.45) is -1.01. The number of amides is 1. The molecule has 0 radical (unpaired) electrons. The van der Waals surface area contributed by atoms with Crippen LogP contribution in [0, 0.1) is 6.92 Å². The lowest BCUT2D eigenvalue weighted by Crippen LogP contribution is -2.32. The molecule has 0 fully saturated rings. The number of nitrogens with one attached hydrogen (secondary N) is 2. The summed E-state index contributed by atoms with van der Waals surface area (Å²) in [5.74, 6) is -1.33.